The molecule has 0 saturated heterocycles. The van der Waals surface area contributed by atoms with Gasteiger partial charge in [0.2, 0.25) is 0 Å². The Labute approximate surface area is 424 Å². The molecule has 0 aliphatic heterocycles. The van der Waals surface area contributed by atoms with E-state index in [1.165, 1.54) is 0 Å². The monoisotopic (exact) mass is 1280 g/mol. The van der Waals surface area contributed by atoms with Gasteiger partial charge in [0.25, 0.3) is 0 Å². The van der Waals surface area contributed by atoms with Crippen LogP contribution in [0.15, 0.2) is 0 Å². The van der Waals surface area contributed by atoms with Gasteiger partial charge in [0, 0.05) is 0 Å². The fourth-order valence-corrected chi connectivity index (χ4v) is 0. The average Bonchev–Trinajstić information content (AvgIpc) is 0. The quantitative estimate of drug-likeness (QED) is 0.212. The van der Waals surface area contributed by atoms with E-state index in [1.807, 2.05) is 0 Å². The van der Waals surface area contributed by atoms with Gasteiger partial charge in [0.1, 0.15) is 0 Å². The van der Waals surface area contributed by atoms with Crippen LogP contribution in [0.1, 0.15) is 0 Å². The van der Waals surface area contributed by atoms with Gasteiger partial charge in [0.15, 0.2) is 0 Å². The number of rotatable bonds is 0. The van der Waals surface area contributed by atoms with E-state index in [2.05, 4.69) is 0 Å². The normalized spacial score (nSPS) is 0. The summed E-state index contributed by atoms with van der Waals surface area (Å²) in [6, 6.07) is 0. The summed E-state index contributed by atoms with van der Waals surface area (Å²) in [6.07, 6.45) is 0. The number of hydrogen-bond acceptors (Lipinski definition) is 0. The molecule has 0 aliphatic carbocycles. The van der Waals surface area contributed by atoms with Crippen LogP contribution in [0.5, 0.6) is 0 Å². The minimum absolute atomic E-state index is 0. The van der Waals surface area contributed by atoms with Crippen molar-refractivity contribution in [2.45, 2.75) is 0 Å². The third-order valence-electron chi connectivity index (χ3n) is 0. The molecule has 0 aromatic carbocycles. The first-order valence-corrected chi connectivity index (χ1v) is 0. The summed E-state index contributed by atoms with van der Waals surface area (Å²) in [7, 11) is 0. The number of hydrogen-bond donors (Lipinski definition) is 0. The van der Waals surface area contributed by atoms with Gasteiger partial charge in [-0.05, 0) is 0 Å². The topological polar surface area (TPSA) is 0 Å². The molecule has 0 nitrogen and oxygen atoms in total. The maximum absolute atomic E-state index is 0. The van der Waals surface area contributed by atoms with Crippen LogP contribution in [-0.2, 0) is 0 Å². The van der Waals surface area contributed by atoms with Crippen LogP contribution in [0.25, 0.3) is 0 Å². The third-order valence-corrected chi connectivity index (χ3v) is 0. The maximum atomic E-state index is 0. The van der Waals surface area contributed by atoms with Crippen LogP contribution in [0.3, 0.4) is 0 Å². The van der Waals surface area contributed by atoms with Crippen molar-refractivity contribution in [1.29, 1.82) is 0 Å². The van der Waals surface area contributed by atoms with Gasteiger partial charge >= 0.3 is 303 Å². The molecular formula is K4Sb4Se8. The second-order valence-electron chi connectivity index (χ2n) is 0. The maximum Gasteiger partial charge on any atom is 3.00 e. The summed E-state index contributed by atoms with van der Waals surface area (Å²) in [5, 5.41) is 0. The molecule has 0 saturated carbocycles. The molecule has 0 bridgehead atoms. The Morgan fingerprint density at radius 2 is 0.188 bits per heavy atom. The van der Waals surface area contributed by atoms with E-state index < -0.39 is 0 Å². The SMILES string of the molecule is [K+].[K+].[K+].[K+].[Sb+3].[Sb+3].[Sb+3].[Sb+3].[Se-2].[Se-2].[Se-2].[Se-2].[Se-2].[Se-2].[Se-2].[Se-2]. The molecule has 72 valence electrons. The van der Waals surface area contributed by atoms with Crippen LogP contribution in [0.2, 0.25) is 0 Å². The van der Waals surface area contributed by atoms with E-state index in [9.17, 15) is 0 Å². The summed E-state index contributed by atoms with van der Waals surface area (Å²) in [6.45, 7) is 0. The molecule has 0 aliphatic rings. The second kappa shape index (κ2) is 116. The van der Waals surface area contributed by atoms with Crippen molar-refractivity contribution in [1.82, 2.24) is 0 Å². The van der Waals surface area contributed by atoms with E-state index in [4.69, 9.17) is 0 Å². The molecule has 0 amide bonds. The van der Waals surface area contributed by atoms with Crippen LogP contribution in [0.4, 0.5) is 0 Å². The van der Waals surface area contributed by atoms with Crippen LogP contribution in [0, 0.1) is 0 Å². The molecule has 0 aromatic heterocycles. The summed E-state index contributed by atoms with van der Waals surface area (Å²) in [5.74, 6) is 0. The van der Waals surface area contributed by atoms with Gasteiger partial charge < -0.3 is 137 Å². The Bertz CT molecular complexity index is 24.0. The molecule has 0 atom stereocenters. The molecule has 0 N–H and O–H groups in total. The van der Waals surface area contributed by atoms with Crippen molar-refractivity contribution in [2.75, 3.05) is 0 Å². The summed E-state index contributed by atoms with van der Waals surface area (Å²) >= 11 is 0. The molecule has 0 aromatic rings. The van der Waals surface area contributed by atoms with E-state index in [-0.39, 0.29) is 440 Å². The van der Waals surface area contributed by atoms with Gasteiger partial charge in [-0.3, -0.25) is 0 Å². The smallest absolute Gasteiger partial charge is 2.00 e. The molecule has 16 heteroatoms. The van der Waals surface area contributed by atoms with Crippen molar-refractivity contribution in [3.8, 4) is 0 Å². The van der Waals surface area contributed by atoms with Crippen molar-refractivity contribution < 1.29 is 206 Å². The first-order valence-electron chi connectivity index (χ1n) is 0. The Morgan fingerprint density at radius 1 is 0.188 bits per heavy atom. The van der Waals surface area contributed by atoms with Crippen molar-refractivity contribution in [3.63, 3.8) is 0 Å². The zero-order valence-corrected chi connectivity index (χ0v) is 45.5. The van der Waals surface area contributed by atoms with Gasteiger partial charge in [0.05, 0.1) is 0 Å². The van der Waals surface area contributed by atoms with Gasteiger partial charge in [-0.25, -0.2) is 0 Å². The Kier molecular flexibility index (Phi) is 935. The second-order valence-corrected chi connectivity index (χ2v) is 0. The fourth-order valence-electron chi connectivity index (χ4n) is 0. The molecule has 0 fully saturated rings. The summed E-state index contributed by atoms with van der Waals surface area (Å²) in [5.41, 5.74) is 0. The predicted molar refractivity (Wildman–Crippen MR) is 69.0 cm³/mol. The third kappa shape index (κ3) is 104. The van der Waals surface area contributed by atoms with Crippen LogP contribution < -0.4 is 206 Å². The molecule has 0 rings (SSSR count). The van der Waals surface area contributed by atoms with Crippen molar-refractivity contribution >= 4 is 234 Å². The van der Waals surface area contributed by atoms with Crippen molar-refractivity contribution in [2.24, 2.45) is 0 Å². The van der Waals surface area contributed by atoms with E-state index in [0.29, 0.717) is 0 Å². The average molecular weight is 1280 g/mol. The van der Waals surface area contributed by atoms with E-state index >= 15 is 0 Å². The largest absolute Gasteiger partial charge is 3.00 e. The minimum atomic E-state index is 0. The Balaban J connectivity index is 0. The van der Waals surface area contributed by atoms with E-state index in [0.717, 1.165) is 0 Å². The summed E-state index contributed by atoms with van der Waals surface area (Å²) in [4.78, 5) is 0. The van der Waals surface area contributed by atoms with Gasteiger partial charge in [-0.15, -0.1) is 0 Å². The van der Waals surface area contributed by atoms with Crippen molar-refractivity contribution in [3.05, 3.63) is 0 Å². The predicted octanol–water partition coefficient (Wildman–Crippen LogP) is -16.6. The van der Waals surface area contributed by atoms with Crippen LogP contribution >= 0.6 is 0 Å². The molecule has 0 spiro atoms. The summed E-state index contributed by atoms with van der Waals surface area (Å²) < 4.78 is 0. The van der Waals surface area contributed by atoms with Crippen LogP contribution in [-0.4, -0.2) is 234 Å². The molecular weight excluding hydrogens is 1280 g/mol. The first kappa shape index (κ1) is 129. The Hall–Kier alpha value is 14.0. The zero-order chi connectivity index (χ0) is 0. The first-order chi connectivity index (χ1) is 0. The molecule has 16 heavy (non-hydrogen) atoms. The van der Waals surface area contributed by atoms with Gasteiger partial charge in [-0.1, -0.05) is 0 Å². The van der Waals surface area contributed by atoms with E-state index in [1.54, 1.807) is 0 Å². The molecule has 8 radical (unpaired) electrons. The van der Waals surface area contributed by atoms with Gasteiger partial charge in [-0.2, -0.15) is 0 Å². The standard InChI is InChI=1S/4K.4Sb.8Se/q4*+1;4*+3;8*-2. The fraction of sp³-hybridized carbons (Fsp3) is 0. The zero-order valence-electron chi connectivity index (χ0n) is 9.05. The molecule has 0 unspecified atom stereocenters. The minimum Gasteiger partial charge on any atom is -2.00 e. The molecule has 0 heterocycles. The Morgan fingerprint density at radius 3 is 0.188 bits per heavy atom.